The number of rotatable bonds is 8. The summed E-state index contributed by atoms with van der Waals surface area (Å²) in [5, 5.41) is 8.67. The fourth-order valence-electron chi connectivity index (χ4n) is 4.05. The van der Waals surface area contributed by atoms with E-state index in [9.17, 15) is 0 Å². The van der Waals surface area contributed by atoms with Crippen LogP contribution in [0.5, 0.6) is 0 Å². The second kappa shape index (κ2) is 13.4. The Hall–Kier alpha value is -3.20. The Morgan fingerprint density at radius 1 is 0.811 bits per heavy atom. The van der Waals surface area contributed by atoms with E-state index in [1.54, 1.807) is 0 Å². The normalized spacial score (nSPS) is 15.7. The van der Waals surface area contributed by atoms with Crippen molar-refractivity contribution in [1.82, 2.24) is 0 Å². The minimum absolute atomic E-state index is 0.647. The highest BCUT2D eigenvalue weighted by Gasteiger charge is 2.14. The van der Waals surface area contributed by atoms with E-state index in [0.717, 1.165) is 68.5 Å². The van der Waals surface area contributed by atoms with Crippen LogP contribution in [0.3, 0.4) is 0 Å². The quantitative estimate of drug-likeness (QED) is 0.219. The maximum atomic E-state index is 8.67. The van der Waals surface area contributed by atoms with Crippen LogP contribution in [0, 0.1) is 11.3 Å². The molecule has 186 valence electrons. The van der Waals surface area contributed by atoms with Crippen molar-refractivity contribution in [2.45, 2.75) is 25.7 Å². The molecule has 0 saturated carbocycles. The number of nitriles is 1. The Morgan fingerprint density at radius 2 is 1.46 bits per heavy atom. The van der Waals surface area contributed by atoms with Crippen molar-refractivity contribution < 1.29 is 9.31 Å². The highest BCUT2D eigenvalue weighted by atomic mass is 79.9. The largest absolute Gasteiger partial charge is 0.457 e. The third-order valence-electron chi connectivity index (χ3n) is 6.17. The number of ether oxygens (including phenoxy) is 1. The van der Waals surface area contributed by atoms with E-state index in [1.165, 1.54) is 5.71 Å². The maximum absolute atomic E-state index is 8.67. The van der Waals surface area contributed by atoms with Crippen LogP contribution in [0.25, 0.3) is 11.3 Å². The van der Waals surface area contributed by atoms with E-state index in [-0.39, 0.29) is 0 Å². The number of benzene rings is 2. The Kier molecular flexibility index (Phi) is 9.71. The Labute approximate surface area is 236 Å². The van der Waals surface area contributed by atoms with Crippen molar-refractivity contribution >= 4 is 48.9 Å². The van der Waals surface area contributed by atoms with Crippen LogP contribution in [0.4, 0.5) is 0 Å². The summed E-state index contributed by atoms with van der Waals surface area (Å²) in [6.45, 7) is 0.987. The van der Waals surface area contributed by atoms with Crippen molar-refractivity contribution in [3.8, 4) is 6.07 Å². The molecule has 4 rings (SSSR count). The minimum atomic E-state index is 0.647. The predicted molar refractivity (Wildman–Crippen MR) is 160 cm³/mol. The number of hydrogen-bond acceptors (Lipinski definition) is 2. The summed E-state index contributed by atoms with van der Waals surface area (Å²) in [5.74, 6) is 1.61. The van der Waals surface area contributed by atoms with Gasteiger partial charge in [-0.1, -0.05) is 62.2 Å². The number of halogens is 2. The third kappa shape index (κ3) is 7.89. The average Bonchev–Trinajstić information content (AvgIpc) is 2.92. The third-order valence-corrected chi connectivity index (χ3v) is 7.23. The second-order valence-corrected chi connectivity index (χ2v) is 10.8. The molecule has 0 amide bonds. The van der Waals surface area contributed by atoms with Gasteiger partial charge in [0.1, 0.15) is 25.1 Å². The van der Waals surface area contributed by atoms with Gasteiger partial charge in [-0.25, -0.2) is 4.58 Å². The summed E-state index contributed by atoms with van der Waals surface area (Å²) in [4.78, 5) is 0. The Bertz CT molecular complexity index is 1360. The smallest absolute Gasteiger partial charge is 0.199 e. The first-order valence-corrected chi connectivity index (χ1v) is 14.0. The number of allylic oxidation sites excluding steroid dienone is 10. The van der Waals surface area contributed by atoms with E-state index in [1.807, 2.05) is 18.2 Å². The van der Waals surface area contributed by atoms with Gasteiger partial charge >= 0.3 is 0 Å². The molecular weight excluding hydrogens is 588 g/mol. The predicted octanol–water partition coefficient (Wildman–Crippen LogP) is 8.77. The average molecular weight is 617 g/mol. The van der Waals surface area contributed by atoms with Gasteiger partial charge in [-0.2, -0.15) is 5.26 Å². The summed E-state index contributed by atoms with van der Waals surface area (Å²) in [6.07, 6.45) is 20.7. The number of hydrogen-bond donors (Lipinski definition) is 0. The summed E-state index contributed by atoms with van der Waals surface area (Å²) in [6, 6.07) is 18.7. The lowest BCUT2D eigenvalue weighted by Crippen LogP contribution is -2.16. The van der Waals surface area contributed by atoms with Gasteiger partial charge in [0.15, 0.2) is 5.71 Å². The van der Waals surface area contributed by atoms with Crippen molar-refractivity contribution in [2.75, 3.05) is 13.6 Å². The molecule has 2 aromatic carbocycles. The van der Waals surface area contributed by atoms with Crippen LogP contribution in [0.2, 0.25) is 0 Å². The van der Waals surface area contributed by atoms with Gasteiger partial charge in [0, 0.05) is 39.5 Å². The van der Waals surface area contributed by atoms with Crippen molar-refractivity contribution in [2.24, 2.45) is 0 Å². The van der Waals surface area contributed by atoms with Gasteiger partial charge in [0.25, 0.3) is 0 Å². The standard InChI is InChI=1S/C32H29Br2N2O/c1-36(21-5-3-2-4-20-35)30-17-6-24(7-18-30)8-19-31-22-27(25-9-13-28(33)14-10-25)23-32(37-31)26-11-15-29(34)16-12-26/h6-19,22-23H,2-5,21H2,1H3/q+1. The van der Waals surface area contributed by atoms with Gasteiger partial charge in [-0.05, 0) is 84.2 Å². The number of nitrogens with zero attached hydrogens (tertiary/aromatic N) is 2. The van der Waals surface area contributed by atoms with Gasteiger partial charge in [-0.3, -0.25) is 0 Å². The first-order valence-electron chi connectivity index (χ1n) is 12.4. The van der Waals surface area contributed by atoms with Gasteiger partial charge in [-0.15, -0.1) is 0 Å². The van der Waals surface area contributed by atoms with Crippen molar-refractivity contribution in [1.29, 1.82) is 5.26 Å². The molecule has 2 aromatic rings. The molecule has 1 aliphatic heterocycles. The lowest BCUT2D eigenvalue weighted by molar-refractivity contribution is -0.496. The summed E-state index contributed by atoms with van der Waals surface area (Å²) in [5.41, 5.74) is 5.56. The molecule has 0 bridgehead atoms. The van der Waals surface area contributed by atoms with Crippen LogP contribution in [0.1, 0.15) is 36.8 Å². The molecule has 0 unspecified atom stereocenters. The molecule has 1 heterocycles. The van der Waals surface area contributed by atoms with Crippen LogP contribution < -0.4 is 0 Å². The molecule has 0 spiro atoms. The monoisotopic (exact) mass is 615 g/mol. The summed E-state index contributed by atoms with van der Waals surface area (Å²) in [7, 11) is 2.12. The van der Waals surface area contributed by atoms with Crippen LogP contribution in [-0.4, -0.2) is 23.9 Å². The molecule has 0 atom stereocenters. The van der Waals surface area contributed by atoms with E-state index < -0.39 is 0 Å². The minimum Gasteiger partial charge on any atom is -0.457 e. The molecule has 0 saturated heterocycles. The maximum Gasteiger partial charge on any atom is 0.199 e. The SMILES string of the molecule is C[N+](CCCCCC#N)=C1C=CC(=CC=C2C=C(c3ccc(Br)cc3)C=C(c3ccc(Br)cc3)O2)C=C1. The van der Waals surface area contributed by atoms with Gasteiger partial charge < -0.3 is 4.74 Å². The molecule has 0 radical (unpaired) electrons. The Morgan fingerprint density at radius 3 is 2.11 bits per heavy atom. The molecule has 0 aromatic heterocycles. The zero-order chi connectivity index (χ0) is 26.0. The van der Waals surface area contributed by atoms with E-state index in [4.69, 9.17) is 10.00 Å². The second-order valence-electron chi connectivity index (χ2n) is 8.94. The topological polar surface area (TPSA) is 36.0 Å². The molecule has 2 aliphatic rings. The highest BCUT2D eigenvalue weighted by Crippen LogP contribution is 2.32. The molecule has 0 fully saturated rings. The van der Waals surface area contributed by atoms with E-state index in [0.29, 0.717) is 6.42 Å². The van der Waals surface area contributed by atoms with Crippen LogP contribution in [0.15, 0.2) is 117 Å². The lowest BCUT2D eigenvalue weighted by atomic mass is 10.0. The molecule has 5 heteroatoms. The van der Waals surface area contributed by atoms with Gasteiger partial charge in [0.05, 0.1) is 6.07 Å². The summed E-state index contributed by atoms with van der Waals surface area (Å²) < 4.78 is 10.7. The van der Waals surface area contributed by atoms with Gasteiger partial charge in [0.2, 0.25) is 0 Å². The van der Waals surface area contributed by atoms with E-state index in [2.05, 4.69) is 128 Å². The van der Waals surface area contributed by atoms with Crippen LogP contribution in [-0.2, 0) is 4.74 Å². The van der Waals surface area contributed by atoms with E-state index >= 15 is 0 Å². The fraction of sp³-hybridized carbons (Fsp3) is 0.188. The molecule has 1 aliphatic carbocycles. The molecule has 0 N–H and O–H groups in total. The highest BCUT2D eigenvalue weighted by molar-refractivity contribution is 9.10. The number of unbranched alkanes of at least 4 members (excludes halogenated alkanes) is 3. The first-order chi connectivity index (χ1) is 18.0. The molecule has 3 nitrogen and oxygen atoms in total. The van der Waals surface area contributed by atoms with Crippen molar-refractivity contribution in [3.63, 3.8) is 0 Å². The molecule has 37 heavy (non-hydrogen) atoms. The summed E-state index contributed by atoms with van der Waals surface area (Å²) >= 11 is 7.04. The zero-order valence-corrected chi connectivity index (χ0v) is 24.0. The molecular formula is C32H29Br2N2O+. The fourth-order valence-corrected chi connectivity index (χ4v) is 4.58. The zero-order valence-electron chi connectivity index (χ0n) is 20.8. The first kappa shape index (κ1) is 26.9. The Balaban J connectivity index is 1.52. The lowest BCUT2D eigenvalue weighted by Gasteiger charge is -2.18. The van der Waals surface area contributed by atoms with Crippen LogP contribution >= 0.6 is 31.9 Å². The van der Waals surface area contributed by atoms with Crippen molar-refractivity contribution in [3.05, 3.63) is 129 Å².